The Morgan fingerprint density at radius 1 is 1.22 bits per heavy atom. The minimum absolute atomic E-state index is 0.258. The van der Waals surface area contributed by atoms with Gasteiger partial charge in [-0.15, -0.1) is 0 Å². The number of carbonyl (C=O) groups is 1. The molecule has 0 aliphatic heterocycles. The summed E-state index contributed by atoms with van der Waals surface area (Å²) in [6, 6.07) is 0.394. The Bertz CT molecular complexity index is 229. The highest BCUT2D eigenvalue weighted by molar-refractivity contribution is 5.70. The average molecular weight is 257 g/mol. The standard InChI is InChI=1S/C15H31NO2/c1-6-7-8-12(4)13(5)16-10-14(15(17)18)9-11(2)3/h11-14,16H,6-10H2,1-5H3,(H,17,18). The minimum atomic E-state index is -0.676. The number of aliphatic carboxylic acids is 1. The molecule has 0 aromatic heterocycles. The summed E-state index contributed by atoms with van der Waals surface area (Å²) in [5.41, 5.74) is 0. The zero-order valence-corrected chi connectivity index (χ0v) is 12.7. The van der Waals surface area contributed by atoms with Crippen molar-refractivity contribution in [3.63, 3.8) is 0 Å². The van der Waals surface area contributed by atoms with E-state index < -0.39 is 5.97 Å². The minimum Gasteiger partial charge on any atom is -0.481 e. The summed E-state index contributed by atoms with van der Waals surface area (Å²) in [7, 11) is 0. The van der Waals surface area contributed by atoms with Crippen LogP contribution in [0.15, 0.2) is 0 Å². The van der Waals surface area contributed by atoms with Crippen molar-refractivity contribution >= 4 is 5.97 Å². The van der Waals surface area contributed by atoms with E-state index in [1.54, 1.807) is 0 Å². The molecule has 0 radical (unpaired) electrons. The predicted molar refractivity (Wildman–Crippen MR) is 76.7 cm³/mol. The summed E-state index contributed by atoms with van der Waals surface area (Å²) < 4.78 is 0. The molecule has 0 aromatic rings. The lowest BCUT2D eigenvalue weighted by molar-refractivity contribution is -0.142. The average Bonchev–Trinajstić information content (AvgIpc) is 2.30. The van der Waals surface area contributed by atoms with Crippen molar-refractivity contribution in [2.75, 3.05) is 6.54 Å². The van der Waals surface area contributed by atoms with Gasteiger partial charge in [-0.25, -0.2) is 0 Å². The van der Waals surface area contributed by atoms with E-state index in [2.05, 4.69) is 39.9 Å². The molecule has 18 heavy (non-hydrogen) atoms. The maximum Gasteiger partial charge on any atom is 0.307 e. The van der Waals surface area contributed by atoms with Crippen molar-refractivity contribution in [2.45, 2.75) is 66.3 Å². The van der Waals surface area contributed by atoms with Gasteiger partial charge in [0.1, 0.15) is 0 Å². The Morgan fingerprint density at radius 3 is 2.28 bits per heavy atom. The molecule has 0 bridgehead atoms. The lowest BCUT2D eigenvalue weighted by atomic mass is 9.94. The third-order valence-corrected chi connectivity index (χ3v) is 3.66. The molecule has 0 aromatic carbocycles. The van der Waals surface area contributed by atoms with Crippen molar-refractivity contribution in [3.8, 4) is 0 Å². The molecule has 0 aliphatic carbocycles. The smallest absolute Gasteiger partial charge is 0.307 e. The van der Waals surface area contributed by atoms with E-state index in [-0.39, 0.29) is 5.92 Å². The van der Waals surface area contributed by atoms with Gasteiger partial charge in [0.2, 0.25) is 0 Å². The molecule has 3 heteroatoms. The highest BCUT2D eigenvalue weighted by Crippen LogP contribution is 2.14. The largest absolute Gasteiger partial charge is 0.481 e. The highest BCUT2D eigenvalue weighted by atomic mass is 16.4. The van der Waals surface area contributed by atoms with E-state index >= 15 is 0 Å². The van der Waals surface area contributed by atoms with E-state index in [1.807, 2.05) is 0 Å². The second-order valence-corrected chi connectivity index (χ2v) is 5.98. The fourth-order valence-electron chi connectivity index (χ4n) is 2.15. The molecule has 0 spiro atoms. The van der Waals surface area contributed by atoms with Gasteiger partial charge < -0.3 is 10.4 Å². The maximum absolute atomic E-state index is 11.1. The van der Waals surface area contributed by atoms with Crippen LogP contribution in [0.4, 0.5) is 0 Å². The molecule has 3 unspecified atom stereocenters. The molecule has 108 valence electrons. The van der Waals surface area contributed by atoms with Gasteiger partial charge in [-0.1, -0.05) is 40.5 Å². The molecule has 0 saturated carbocycles. The fraction of sp³-hybridized carbons (Fsp3) is 0.933. The summed E-state index contributed by atoms with van der Waals surface area (Å²) in [4.78, 5) is 11.1. The number of carboxylic acid groups (broad SMARTS) is 1. The number of rotatable bonds is 10. The topological polar surface area (TPSA) is 49.3 Å². The Balaban J connectivity index is 4.05. The van der Waals surface area contributed by atoms with Crippen molar-refractivity contribution < 1.29 is 9.90 Å². The van der Waals surface area contributed by atoms with Gasteiger partial charge >= 0.3 is 5.97 Å². The molecule has 0 aliphatic rings. The van der Waals surface area contributed by atoms with Crippen LogP contribution >= 0.6 is 0 Å². The first-order chi connectivity index (χ1) is 8.38. The first kappa shape index (κ1) is 17.4. The van der Waals surface area contributed by atoms with Crippen LogP contribution in [0.5, 0.6) is 0 Å². The Morgan fingerprint density at radius 2 is 1.83 bits per heavy atom. The lowest BCUT2D eigenvalue weighted by Gasteiger charge is -2.24. The second kappa shape index (κ2) is 9.37. The highest BCUT2D eigenvalue weighted by Gasteiger charge is 2.20. The number of nitrogens with one attached hydrogen (secondary N) is 1. The number of hydrogen-bond acceptors (Lipinski definition) is 2. The Kier molecular flexibility index (Phi) is 9.08. The van der Waals surface area contributed by atoms with Gasteiger partial charge in [0, 0.05) is 12.6 Å². The third kappa shape index (κ3) is 7.70. The van der Waals surface area contributed by atoms with Gasteiger partial charge in [-0.05, 0) is 31.6 Å². The van der Waals surface area contributed by atoms with Gasteiger partial charge in [-0.3, -0.25) is 4.79 Å². The molecule has 0 heterocycles. The molecule has 3 atom stereocenters. The summed E-state index contributed by atoms with van der Waals surface area (Å²) >= 11 is 0. The monoisotopic (exact) mass is 257 g/mol. The van der Waals surface area contributed by atoms with Crippen LogP contribution in [-0.4, -0.2) is 23.7 Å². The summed E-state index contributed by atoms with van der Waals surface area (Å²) in [5.74, 6) is 0.106. The zero-order chi connectivity index (χ0) is 14.1. The van der Waals surface area contributed by atoms with Crippen LogP contribution in [0.2, 0.25) is 0 Å². The SMILES string of the molecule is CCCCC(C)C(C)NCC(CC(C)C)C(=O)O. The van der Waals surface area contributed by atoms with E-state index in [9.17, 15) is 9.90 Å². The lowest BCUT2D eigenvalue weighted by Crippen LogP contribution is -2.38. The first-order valence-electron chi connectivity index (χ1n) is 7.34. The molecule has 0 fully saturated rings. The van der Waals surface area contributed by atoms with Crippen LogP contribution in [0, 0.1) is 17.8 Å². The van der Waals surface area contributed by atoms with Crippen molar-refractivity contribution in [1.82, 2.24) is 5.32 Å². The van der Waals surface area contributed by atoms with Gasteiger partial charge in [0.15, 0.2) is 0 Å². The van der Waals surface area contributed by atoms with E-state index in [0.717, 1.165) is 6.42 Å². The maximum atomic E-state index is 11.1. The van der Waals surface area contributed by atoms with Crippen LogP contribution in [0.1, 0.15) is 60.3 Å². The summed E-state index contributed by atoms with van der Waals surface area (Å²) in [6.07, 6.45) is 4.44. The van der Waals surface area contributed by atoms with Crippen LogP contribution in [0.25, 0.3) is 0 Å². The van der Waals surface area contributed by atoms with Crippen LogP contribution in [0.3, 0.4) is 0 Å². The number of carboxylic acids is 1. The number of hydrogen-bond donors (Lipinski definition) is 2. The molecule has 0 saturated heterocycles. The normalized spacial score (nSPS) is 16.6. The molecule has 0 amide bonds. The quantitative estimate of drug-likeness (QED) is 0.629. The van der Waals surface area contributed by atoms with E-state index in [1.165, 1.54) is 19.3 Å². The van der Waals surface area contributed by atoms with E-state index in [0.29, 0.717) is 24.4 Å². The Labute approximate surface area is 112 Å². The van der Waals surface area contributed by atoms with Gasteiger partial charge in [0.05, 0.1) is 5.92 Å². The molecule has 0 rings (SSSR count). The van der Waals surface area contributed by atoms with Crippen molar-refractivity contribution in [1.29, 1.82) is 0 Å². The summed E-state index contributed by atoms with van der Waals surface area (Å²) in [5, 5.41) is 12.6. The Hall–Kier alpha value is -0.570. The van der Waals surface area contributed by atoms with Gasteiger partial charge in [0.25, 0.3) is 0 Å². The van der Waals surface area contributed by atoms with Gasteiger partial charge in [-0.2, -0.15) is 0 Å². The second-order valence-electron chi connectivity index (χ2n) is 5.98. The van der Waals surface area contributed by atoms with E-state index in [4.69, 9.17) is 0 Å². The molecule has 2 N–H and O–H groups in total. The molecular formula is C15H31NO2. The van der Waals surface area contributed by atoms with Crippen LogP contribution in [-0.2, 0) is 4.79 Å². The summed E-state index contributed by atoms with van der Waals surface area (Å²) in [6.45, 7) is 11.3. The predicted octanol–water partition coefficient (Wildman–Crippen LogP) is 3.54. The number of unbranched alkanes of at least 4 members (excludes halogenated alkanes) is 1. The fourth-order valence-corrected chi connectivity index (χ4v) is 2.15. The van der Waals surface area contributed by atoms with Crippen molar-refractivity contribution in [2.24, 2.45) is 17.8 Å². The molecular weight excluding hydrogens is 226 g/mol. The third-order valence-electron chi connectivity index (χ3n) is 3.66. The zero-order valence-electron chi connectivity index (χ0n) is 12.7. The molecule has 3 nitrogen and oxygen atoms in total. The van der Waals surface area contributed by atoms with Crippen LogP contribution < -0.4 is 5.32 Å². The first-order valence-corrected chi connectivity index (χ1v) is 7.34. The van der Waals surface area contributed by atoms with Crippen molar-refractivity contribution in [3.05, 3.63) is 0 Å².